The SMILES string of the molecule is CCC(=O)N(C)c1ccc(-c2ccc(C(=O)CCc3ccc(F)nc3C)c(Cl)c2)cc1. The first-order valence-electron chi connectivity index (χ1n) is 10.1. The molecule has 0 aliphatic carbocycles. The number of nitrogens with zero attached hydrogens (tertiary/aromatic N) is 2. The Balaban J connectivity index is 1.72. The number of Topliss-reactive ketones (excluding diaryl/α,β-unsaturated/α-hetero) is 1. The quantitative estimate of drug-likeness (QED) is 0.334. The van der Waals surface area contributed by atoms with Gasteiger partial charge >= 0.3 is 0 Å². The van der Waals surface area contributed by atoms with E-state index in [0.717, 1.165) is 22.4 Å². The molecule has 3 aromatic rings. The van der Waals surface area contributed by atoms with E-state index in [1.807, 2.05) is 37.3 Å². The van der Waals surface area contributed by atoms with E-state index in [1.54, 1.807) is 37.1 Å². The maximum atomic E-state index is 13.1. The number of hydrogen-bond acceptors (Lipinski definition) is 3. The van der Waals surface area contributed by atoms with E-state index in [9.17, 15) is 14.0 Å². The van der Waals surface area contributed by atoms with E-state index in [-0.39, 0.29) is 18.1 Å². The summed E-state index contributed by atoms with van der Waals surface area (Å²) < 4.78 is 13.1. The van der Waals surface area contributed by atoms with Crippen LogP contribution in [0.15, 0.2) is 54.6 Å². The third-order valence-corrected chi connectivity index (χ3v) is 5.63. The van der Waals surface area contributed by atoms with E-state index in [4.69, 9.17) is 11.6 Å². The zero-order valence-electron chi connectivity index (χ0n) is 17.8. The topological polar surface area (TPSA) is 50.3 Å². The Kier molecular flexibility index (Phi) is 7.18. The Morgan fingerprint density at radius 1 is 1.03 bits per heavy atom. The highest BCUT2D eigenvalue weighted by molar-refractivity contribution is 6.34. The summed E-state index contributed by atoms with van der Waals surface area (Å²) in [6.45, 7) is 3.56. The number of halogens is 2. The highest BCUT2D eigenvalue weighted by atomic mass is 35.5. The molecule has 0 aliphatic rings. The van der Waals surface area contributed by atoms with Gasteiger partial charge in [-0.25, -0.2) is 4.98 Å². The summed E-state index contributed by atoms with van der Waals surface area (Å²) >= 11 is 6.41. The minimum atomic E-state index is -0.525. The minimum absolute atomic E-state index is 0.0465. The van der Waals surface area contributed by atoms with Crippen molar-refractivity contribution in [2.75, 3.05) is 11.9 Å². The van der Waals surface area contributed by atoms with Gasteiger partial charge in [0.2, 0.25) is 11.9 Å². The van der Waals surface area contributed by atoms with E-state index in [2.05, 4.69) is 4.98 Å². The molecule has 0 radical (unpaired) electrons. The van der Waals surface area contributed by atoms with Crippen molar-refractivity contribution in [2.24, 2.45) is 0 Å². The van der Waals surface area contributed by atoms with Crippen LogP contribution < -0.4 is 4.90 Å². The van der Waals surface area contributed by atoms with Gasteiger partial charge in [-0.3, -0.25) is 9.59 Å². The Labute approximate surface area is 186 Å². The van der Waals surface area contributed by atoms with Crippen molar-refractivity contribution in [3.05, 3.63) is 82.4 Å². The molecule has 0 fully saturated rings. The predicted molar refractivity (Wildman–Crippen MR) is 122 cm³/mol. The molecule has 0 saturated carbocycles. The molecule has 4 nitrogen and oxygen atoms in total. The number of carbonyl (C=O) groups excluding carboxylic acids is 2. The molecule has 0 saturated heterocycles. The van der Waals surface area contributed by atoms with E-state index >= 15 is 0 Å². The first kappa shape index (κ1) is 22.6. The van der Waals surface area contributed by atoms with Gasteiger partial charge in [0.05, 0.1) is 5.02 Å². The van der Waals surface area contributed by atoms with Crippen molar-refractivity contribution in [1.29, 1.82) is 0 Å². The van der Waals surface area contributed by atoms with Crippen LogP contribution in [0, 0.1) is 12.9 Å². The zero-order chi connectivity index (χ0) is 22.5. The monoisotopic (exact) mass is 438 g/mol. The van der Waals surface area contributed by atoms with Gasteiger partial charge in [0.1, 0.15) is 0 Å². The molecular weight excluding hydrogens is 415 g/mol. The third-order valence-electron chi connectivity index (χ3n) is 5.32. The average Bonchev–Trinajstić information content (AvgIpc) is 2.77. The van der Waals surface area contributed by atoms with E-state index in [0.29, 0.717) is 29.1 Å². The summed E-state index contributed by atoms with van der Waals surface area (Å²) in [4.78, 5) is 29.9. The molecule has 6 heteroatoms. The van der Waals surface area contributed by atoms with Crippen molar-refractivity contribution in [3.8, 4) is 11.1 Å². The highest BCUT2D eigenvalue weighted by Crippen LogP contribution is 2.28. The minimum Gasteiger partial charge on any atom is -0.316 e. The predicted octanol–water partition coefficient (Wildman–Crippen LogP) is 6.04. The van der Waals surface area contributed by atoms with Gasteiger partial charge < -0.3 is 4.90 Å². The largest absolute Gasteiger partial charge is 0.316 e. The number of rotatable bonds is 7. The van der Waals surface area contributed by atoms with E-state index < -0.39 is 5.95 Å². The van der Waals surface area contributed by atoms with Gasteiger partial charge in [-0.2, -0.15) is 4.39 Å². The van der Waals surface area contributed by atoms with Crippen molar-refractivity contribution in [3.63, 3.8) is 0 Å². The van der Waals surface area contributed by atoms with Gasteiger partial charge in [-0.15, -0.1) is 0 Å². The number of carbonyl (C=O) groups is 2. The molecule has 0 unspecified atom stereocenters. The molecule has 1 aromatic heterocycles. The van der Waals surface area contributed by atoms with Crippen LogP contribution in [0.5, 0.6) is 0 Å². The van der Waals surface area contributed by atoms with Crippen molar-refractivity contribution >= 4 is 29.0 Å². The molecule has 1 heterocycles. The molecule has 160 valence electrons. The second kappa shape index (κ2) is 9.84. The lowest BCUT2D eigenvalue weighted by Crippen LogP contribution is -2.24. The van der Waals surface area contributed by atoms with E-state index in [1.165, 1.54) is 6.07 Å². The van der Waals surface area contributed by atoms with Crippen molar-refractivity contribution < 1.29 is 14.0 Å². The molecule has 3 rings (SSSR count). The standard InChI is InChI=1S/C25H24ClFN2O2/c1-4-25(31)29(3)20-10-5-18(6-11-20)19-7-12-21(22(26)15-19)23(30)13-8-17-9-14-24(27)28-16(17)2/h5-7,9-12,14-15H,4,8,13H2,1-3H3. The van der Waals surface area contributed by atoms with Crippen LogP contribution >= 0.6 is 11.6 Å². The summed E-state index contributed by atoms with van der Waals surface area (Å²) in [6.07, 6.45) is 1.18. The van der Waals surface area contributed by atoms with Gasteiger partial charge in [0.25, 0.3) is 0 Å². The van der Waals surface area contributed by atoms with Crippen LogP contribution in [0.2, 0.25) is 5.02 Å². The summed E-state index contributed by atoms with van der Waals surface area (Å²) in [5, 5.41) is 0.388. The first-order chi connectivity index (χ1) is 14.8. The second-order valence-corrected chi connectivity index (χ2v) is 7.76. The Morgan fingerprint density at radius 2 is 1.71 bits per heavy atom. The lowest BCUT2D eigenvalue weighted by atomic mass is 9.99. The second-order valence-electron chi connectivity index (χ2n) is 7.35. The maximum absolute atomic E-state index is 13.1. The van der Waals surface area contributed by atoms with Crippen LogP contribution in [0.1, 0.15) is 41.4 Å². The molecule has 0 bridgehead atoms. The van der Waals surface area contributed by atoms with Crippen LogP contribution in [-0.4, -0.2) is 23.7 Å². The number of aryl methyl sites for hydroxylation is 2. The average molecular weight is 439 g/mol. The number of amides is 1. The molecule has 0 atom stereocenters. The third kappa shape index (κ3) is 5.36. The molecule has 0 N–H and O–H groups in total. The number of aromatic nitrogens is 1. The molecule has 0 spiro atoms. The number of anilines is 1. The van der Waals surface area contributed by atoms with Crippen LogP contribution in [-0.2, 0) is 11.2 Å². The zero-order valence-corrected chi connectivity index (χ0v) is 18.5. The Hall–Kier alpha value is -3.05. The fourth-order valence-electron chi connectivity index (χ4n) is 3.39. The summed E-state index contributed by atoms with van der Waals surface area (Å²) in [5.41, 5.74) is 4.53. The molecular formula is C25H24ClFN2O2. The number of benzene rings is 2. The molecule has 1 amide bonds. The van der Waals surface area contributed by atoms with Gasteiger partial charge in [0.15, 0.2) is 5.78 Å². The Morgan fingerprint density at radius 3 is 2.32 bits per heavy atom. The summed E-state index contributed by atoms with van der Waals surface area (Å²) in [6, 6.07) is 15.9. The number of pyridine rings is 1. The summed E-state index contributed by atoms with van der Waals surface area (Å²) in [7, 11) is 1.75. The fourth-order valence-corrected chi connectivity index (χ4v) is 3.67. The van der Waals surface area contributed by atoms with Gasteiger partial charge in [0, 0.05) is 36.8 Å². The lowest BCUT2D eigenvalue weighted by Gasteiger charge is -2.17. The number of ketones is 1. The molecule has 2 aromatic carbocycles. The first-order valence-corrected chi connectivity index (χ1v) is 10.5. The van der Waals surface area contributed by atoms with Crippen LogP contribution in [0.3, 0.4) is 0 Å². The van der Waals surface area contributed by atoms with Crippen molar-refractivity contribution in [2.45, 2.75) is 33.1 Å². The number of hydrogen-bond donors (Lipinski definition) is 0. The highest BCUT2D eigenvalue weighted by Gasteiger charge is 2.14. The molecule has 31 heavy (non-hydrogen) atoms. The molecule has 0 aliphatic heterocycles. The fraction of sp³-hybridized carbons (Fsp3) is 0.240. The summed E-state index contributed by atoms with van der Waals surface area (Å²) in [5.74, 6) is -0.552. The van der Waals surface area contributed by atoms with Crippen LogP contribution in [0.4, 0.5) is 10.1 Å². The van der Waals surface area contributed by atoms with Crippen LogP contribution in [0.25, 0.3) is 11.1 Å². The van der Waals surface area contributed by atoms with Gasteiger partial charge in [-0.1, -0.05) is 42.8 Å². The lowest BCUT2D eigenvalue weighted by molar-refractivity contribution is -0.118. The smallest absolute Gasteiger partial charge is 0.226 e. The van der Waals surface area contributed by atoms with Gasteiger partial charge in [-0.05, 0) is 60.4 Å². The van der Waals surface area contributed by atoms with Crippen molar-refractivity contribution in [1.82, 2.24) is 4.98 Å². The normalized spacial score (nSPS) is 10.7. The maximum Gasteiger partial charge on any atom is 0.226 e. The Bertz CT molecular complexity index is 1110.